The van der Waals surface area contributed by atoms with E-state index >= 15 is 0 Å². The maximum atomic E-state index is 11.0. The van der Waals surface area contributed by atoms with Crippen molar-refractivity contribution in [3.8, 4) is 23.0 Å². The lowest BCUT2D eigenvalue weighted by atomic mass is 9.94. The second kappa shape index (κ2) is 10.7. The van der Waals surface area contributed by atoms with Crippen molar-refractivity contribution in [3.63, 3.8) is 0 Å². The van der Waals surface area contributed by atoms with Crippen LogP contribution in [0.5, 0.6) is 23.0 Å². The number of phenols is 1. The van der Waals surface area contributed by atoms with E-state index < -0.39 is 6.16 Å². The van der Waals surface area contributed by atoms with E-state index in [1.54, 1.807) is 0 Å². The number of hydrogen-bond acceptors (Lipinski definition) is 5. The zero-order valence-electron chi connectivity index (χ0n) is 15.7. The molecule has 0 atom stereocenters. The minimum Gasteiger partial charge on any atom is -0.504 e. The van der Waals surface area contributed by atoms with Crippen LogP contribution in [0.3, 0.4) is 0 Å². The summed E-state index contributed by atoms with van der Waals surface area (Å²) in [5.41, 5.74) is 1.57. The molecule has 6 heteroatoms. The molecule has 0 bridgehead atoms. The fourth-order valence-electron chi connectivity index (χ4n) is 2.99. The van der Waals surface area contributed by atoms with E-state index in [9.17, 15) is 9.90 Å². The third kappa shape index (κ3) is 5.44. The molecule has 0 amide bonds. The van der Waals surface area contributed by atoms with Crippen LogP contribution >= 0.6 is 0 Å². The Morgan fingerprint density at radius 1 is 0.840 bits per heavy atom. The first-order chi connectivity index (χ1) is 12.0. The number of aromatic hydroxyl groups is 1. The van der Waals surface area contributed by atoms with Gasteiger partial charge in [0, 0.05) is 11.1 Å². The molecule has 0 radical (unpaired) electrons. The molecule has 0 aliphatic rings. The Bertz CT molecular complexity index is 568. The molecule has 0 unspecified atom stereocenters. The van der Waals surface area contributed by atoms with Crippen molar-refractivity contribution in [1.82, 2.24) is 0 Å². The molecule has 0 aliphatic heterocycles. The topological polar surface area (TPSA) is 85.2 Å². The minimum atomic E-state index is -1.51. The highest BCUT2D eigenvalue weighted by Crippen LogP contribution is 2.50. The highest BCUT2D eigenvalue weighted by atomic mass is 16.7. The Labute approximate surface area is 149 Å². The van der Waals surface area contributed by atoms with E-state index in [-0.39, 0.29) is 17.2 Å². The molecule has 0 heterocycles. The Balaban J connectivity index is 3.46. The van der Waals surface area contributed by atoms with E-state index in [4.69, 9.17) is 19.3 Å². The van der Waals surface area contributed by atoms with Gasteiger partial charge in [-0.1, -0.05) is 39.5 Å². The number of rotatable bonds is 11. The van der Waals surface area contributed by atoms with Gasteiger partial charge in [-0.15, -0.1) is 0 Å². The first-order valence-corrected chi connectivity index (χ1v) is 8.91. The first-order valence-electron chi connectivity index (χ1n) is 8.91. The van der Waals surface area contributed by atoms with Crippen molar-refractivity contribution in [2.75, 3.05) is 14.2 Å². The number of benzene rings is 1. The van der Waals surface area contributed by atoms with Crippen LogP contribution in [-0.2, 0) is 12.8 Å². The summed E-state index contributed by atoms with van der Waals surface area (Å²) in [5, 5.41) is 19.7. The Hall–Kier alpha value is -2.11. The summed E-state index contributed by atoms with van der Waals surface area (Å²) in [6.07, 6.45) is 5.93. The number of ether oxygens (including phenoxy) is 3. The normalized spacial score (nSPS) is 10.6. The lowest BCUT2D eigenvalue weighted by Gasteiger charge is -2.21. The Morgan fingerprint density at radius 2 is 1.36 bits per heavy atom. The van der Waals surface area contributed by atoms with Crippen LogP contribution in [0.25, 0.3) is 0 Å². The molecule has 1 aromatic rings. The fourth-order valence-corrected chi connectivity index (χ4v) is 2.99. The van der Waals surface area contributed by atoms with Gasteiger partial charge < -0.3 is 24.4 Å². The highest BCUT2D eigenvalue weighted by molar-refractivity contribution is 5.72. The van der Waals surface area contributed by atoms with E-state index in [1.165, 1.54) is 14.2 Å². The summed E-state index contributed by atoms with van der Waals surface area (Å²) in [7, 11) is 2.91. The van der Waals surface area contributed by atoms with Crippen LogP contribution in [-0.4, -0.2) is 30.6 Å². The quantitative estimate of drug-likeness (QED) is 0.333. The molecule has 0 saturated carbocycles. The minimum absolute atomic E-state index is 0.119. The molecule has 142 valence electrons. The maximum Gasteiger partial charge on any atom is 0.511 e. The van der Waals surface area contributed by atoms with E-state index in [1.807, 2.05) is 0 Å². The molecule has 0 saturated heterocycles. The van der Waals surface area contributed by atoms with E-state index in [2.05, 4.69) is 13.8 Å². The number of unbranched alkanes of at least 4 members (excludes halogenated alkanes) is 4. The lowest BCUT2D eigenvalue weighted by Crippen LogP contribution is -2.09. The summed E-state index contributed by atoms with van der Waals surface area (Å²) >= 11 is 0. The molecule has 2 N–H and O–H groups in total. The van der Waals surface area contributed by atoms with Crippen LogP contribution in [0.2, 0.25) is 0 Å². The third-order valence-electron chi connectivity index (χ3n) is 4.21. The molecular weight excluding hydrogens is 324 g/mol. The van der Waals surface area contributed by atoms with Crippen molar-refractivity contribution in [3.05, 3.63) is 11.1 Å². The standard InChI is InChI=1S/C19H30O6/c1-5-7-9-11-13-14(12-10-8-6-2)16(23-3)18(24-4)17(15(13)20)25-19(21)22/h20H,5-12H2,1-4H3,(H,21,22). The summed E-state index contributed by atoms with van der Waals surface area (Å²) in [4.78, 5) is 11.0. The molecule has 6 nitrogen and oxygen atoms in total. The molecule has 1 rings (SSSR count). The van der Waals surface area contributed by atoms with Gasteiger partial charge in [0.2, 0.25) is 11.5 Å². The molecular formula is C19H30O6. The Morgan fingerprint density at radius 3 is 1.80 bits per heavy atom. The number of carboxylic acid groups (broad SMARTS) is 1. The molecule has 1 aromatic carbocycles. The van der Waals surface area contributed by atoms with Crippen LogP contribution in [0, 0.1) is 0 Å². The van der Waals surface area contributed by atoms with Gasteiger partial charge in [-0.2, -0.15) is 0 Å². The van der Waals surface area contributed by atoms with Gasteiger partial charge in [-0.05, 0) is 25.7 Å². The number of hydrogen-bond donors (Lipinski definition) is 2. The van der Waals surface area contributed by atoms with Crippen molar-refractivity contribution in [1.29, 1.82) is 0 Å². The van der Waals surface area contributed by atoms with Crippen LogP contribution in [0.1, 0.15) is 63.5 Å². The zero-order chi connectivity index (χ0) is 18.8. The van der Waals surface area contributed by atoms with Crippen LogP contribution in [0.4, 0.5) is 4.79 Å². The largest absolute Gasteiger partial charge is 0.511 e. The predicted molar refractivity (Wildman–Crippen MR) is 96.3 cm³/mol. The maximum absolute atomic E-state index is 11.0. The fraction of sp³-hybridized carbons (Fsp3) is 0.632. The van der Waals surface area contributed by atoms with Gasteiger partial charge in [0.15, 0.2) is 11.5 Å². The Kier molecular flexibility index (Phi) is 8.95. The van der Waals surface area contributed by atoms with Crippen molar-refractivity contribution < 1.29 is 29.2 Å². The molecule has 0 aromatic heterocycles. The predicted octanol–water partition coefficient (Wildman–Crippen LogP) is 4.93. The molecule has 25 heavy (non-hydrogen) atoms. The second-order valence-corrected chi connectivity index (χ2v) is 5.98. The third-order valence-corrected chi connectivity index (χ3v) is 4.21. The monoisotopic (exact) mass is 354 g/mol. The smallest absolute Gasteiger partial charge is 0.504 e. The average Bonchev–Trinajstić information content (AvgIpc) is 2.58. The zero-order valence-corrected chi connectivity index (χ0v) is 15.7. The van der Waals surface area contributed by atoms with Crippen molar-refractivity contribution in [2.24, 2.45) is 0 Å². The number of methoxy groups -OCH3 is 2. The average molecular weight is 354 g/mol. The van der Waals surface area contributed by atoms with Gasteiger partial charge in [0.1, 0.15) is 0 Å². The number of carbonyl (C=O) groups is 1. The molecule has 0 spiro atoms. The highest BCUT2D eigenvalue weighted by Gasteiger charge is 2.27. The second-order valence-electron chi connectivity index (χ2n) is 5.98. The van der Waals surface area contributed by atoms with Gasteiger partial charge in [0.25, 0.3) is 0 Å². The van der Waals surface area contributed by atoms with Crippen LogP contribution < -0.4 is 14.2 Å². The van der Waals surface area contributed by atoms with Gasteiger partial charge in [-0.3, -0.25) is 0 Å². The molecule has 0 aliphatic carbocycles. The van der Waals surface area contributed by atoms with Gasteiger partial charge >= 0.3 is 6.16 Å². The molecule has 0 fully saturated rings. The van der Waals surface area contributed by atoms with E-state index in [0.29, 0.717) is 17.7 Å². The van der Waals surface area contributed by atoms with Gasteiger partial charge in [-0.25, -0.2) is 4.79 Å². The van der Waals surface area contributed by atoms with Gasteiger partial charge in [0.05, 0.1) is 14.2 Å². The SMILES string of the molecule is CCCCCc1c(O)c(OC(=O)O)c(OC)c(OC)c1CCCCC. The van der Waals surface area contributed by atoms with Crippen molar-refractivity contribution >= 4 is 6.16 Å². The van der Waals surface area contributed by atoms with E-state index in [0.717, 1.165) is 50.5 Å². The summed E-state index contributed by atoms with van der Waals surface area (Å²) in [5.74, 6) is 0.201. The summed E-state index contributed by atoms with van der Waals surface area (Å²) in [6, 6.07) is 0. The summed E-state index contributed by atoms with van der Waals surface area (Å²) < 4.78 is 15.6. The summed E-state index contributed by atoms with van der Waals surface area (Å²) in [6.45, 7) is 4.23. The van der Waals surface area contributed by atoms with Crippen molar-refractivity contribution in [2.45, 2.75) is 65.2 Å². The number of phenolic OH excluding ortho intramolecular Hbond substituents is 1. The lowest BCUT2D eigenvalue weighted by molar-refractivity contribution is 0.140. The first kappa shape index (κ1) is 20.9. The van der Waals surface area contributed by atoms with Crippen LogP contribution in [0.15, 0.2) is 0 Å².